The van der Waals surface area contributed by atoms with Gasteiger partial charge in [0.15, 0.2) is 5.60 Å². The molecule has 0 aliphatic carbocycles. The number of carbonyl (C=O) groups excluding carboxylic acids is 1. The Hall–Kier alpha value is -0.610. The van der Waals surface area contributed by atoms with Crippen LogP contribution in [-0.2, 0) is 14.6 Å². The molecule has 0 aromatic heterocycles. The molecule has 0 saturated carbocycles. The lowest BCUT2D eigenvalue weighted by Crippen LogP contribution is -2.33. The molecule has 0 heterocycles. The maximum absolute atomic E-state index is 10.8. The van der Waals surface area contributed by atoms with Crippen molar-refractivity contribution in [3.05, 3.63) is 0 Å². The molecule has 0 amide bonds. The third kappa shape index (κ3) is 5.09. The Morgan fingerprint density at radius 3 is 2.50 bits per heavy atom. The van der Waals surface area contributed by atoms with Crippen molar-refractivity contribution in [3.63, 3.8) is 0 Å². The summed E-state index contributed by atoms with van der Waals surface area (Å²) in [5.41, 5.74) is -1.48. The van der Waals surface area contributed by atoms with Crippen LogP contribution in [0, 0.1) is 0 Å². The molecule has 0 aromatic rings. The SMILES string of the molecule is CCCCOOC(=O)C(C)(C)O. The molecule has 72 valence electrons. The predicted octanol–water partition coefficient (Wildman–Crippen LogP) is 1.03. The first-order chi connectivity index (χ1) is 5.48. The van der Waals surface area contributed by atoms with Crippen LogP contribution in [0.5, 0.6) is 0 Å². The van der Waals surface area contributed by atoms with Crippen molar-refractivity contribution in [1.82, 2.24) is 0 Å². The van der Waals surface area contributed by atoms with Gasteiger partial charge in [0.05, 0.1) is 6.61 Å². The highest BCUT2D eigenvalue weighted by molar-refractivity contribution is 5.77. The van der Waals surface area contributed by atoms with E-state index in [0.29, 0.717) is 6.61 Å². The fourth-order valence-corrected chi connectivity index (χ4v) is 0.400. The Morgan fingerprint density at radius 1 is 1.50 bits per heavy atom. The monoisotopic (exact) mass is 176 g/mol. The summed E-state index contributed by atoms with van der Waals surface area (Å²) in [4.78, 5) is 19.7. The van der Waals surface area contributed by atoms with Crippen molar-refractivity contribution < 1.29 is 19.7 Å². The number of rotatable bonds is 5. The highest BCUT2D eigenvalue weighted by Crippen LogP contribution is 2.04. The standard InChI is InChI=1S/C8H16O4/c1-4-5-6-11-12-7(9)8(2,3)10/h10H,4-6H2,1-3H3. The third-order valence-corrected chi connectivity index (χ3v) is 1.22. The minimum atomic E-state index is -1.48. The summed E-state index contributed by atoms with van der Waals surface area (Å²) in [6.07, 6.45) is 1.80. The van der Waals surface area contributed by atoms with Crippen LogP contribution in [0.4, 0.5) is 0 Å². The van der Waals surface area contributed by atoms with Crippen molar-refractivity contribution in [2.24, 2.45) is 0 Å². The highest BCUT2D eigenvalue weighted by Gasteiger charge is 2.26. The van der Waals surface area contributed by atoms with Crippen LogP contribution in [0.1, 0.15) is 33.6 Å². The van der Waals surface area contributed by atoms with Gasteiger partial charge in [0.25, 0.3) is 0 Å². The van der Waals surface area contributed by atoms with Gasteiger partial charge in [0.2, 0.25) is 0 Å². The summed E-state index contributed by atoms with van der Waals surface area (Å²) in [6, 6.07) is 0. The molecule has 4 nitrogen and oxygen atoms in total. The molecule has 0 saturated heterocycles. The van der Waals surface area contributed by atoms with Crippen LogP contribution in [0.3, 0.4) is 0 Å². The fraction of sp³-hybridized carbons (Fsp3) is 0.875. The maximum atomic E-state index is 10.8. The van der Waals surface area contributed by atoms with Gasteiger partial charge in [-0.3, -0.25) is 4.89 Å². The van der Waals surface area contributed by atoms with E-state index in [1.165, 1.54) is 13.8 Å². The van der Waals surface area contributed by atoms with Gasteiger partial charge < -0.3 is 5.11 Å². The second-order valence-corrected chi connectivity index (χ2v) is 3.11. The smallest absolute Gasteiger partial charge is 0.372 e. The average molecular weight is 176 g/mol. The summed E-state index contributed by atoms with van der Waals surface area (Å²) in [7, 11) is 0. The average Bonchev–Trinajstić information content (AvgIpc) is 1.96. The van der Waals surface area contributed by atoms with Crippen LogP contribution in [0.25, 0.3) is 0 Å². The Labute approximate surface area is 72.4 Å². The maximum Gasteiger partial charge on any atom is 0.372 e. The zero-order chi connectivity index (χ0) is 9.61. The molecular formula is C8H16O4. The molecule has 0 bridgehead atoms. The topological polar surface area (TPSA) is 55.8 Å². The molecular weight excluding hydrogens is 160 g/mol. The van der Waals surface area contributed by atoms with Crippen molar-refractivity contribution >= 4 is 5.97 Å². The van der Waals surface area contributed by atoms with Gasteiger partial charge in [-0.15, -0.1) is 0 Å². The zero-order valence-electron chi connectivity index (χ0n) is 7.79. The van der Waals surface area contributed by atoms with Crippen LogP contribution in [0.2, 0.25) is 0 Å². The van der Waals surface area contributed by atoms with Gasteiger partial charge in [-0.2, -0.15) is 4.89 Å². The van der Waals surface area contributed by atoms with Crippen LogP contribution < -0.4 is 0 Å². The normalized spacial score (nSPS) is 11.3. The molecule has 0 aliphatic heterocycles. The molecule has 4 heteroatoms. The van der Waals surface area contributed by atoms with Crippen LogP contribution >= 0.6 is 0 Å². The highest BCUT2D eigenvalue weighted by atomic mass is 17.2. The largest absolute Gasteiger partial charge is 0.379 e. The lowest BCUT2D eigenvalue weighted by molar-refractivity contribution is -0.283. The first kappa shape index (κ1) is 11.4. The van der Waals surface area contributed by atoms with Gasteiger partial charge in [0.1, 0.15) is 0 Å². The molecule has 0 atom stereocenters. The summed E-state index contributed by atoms with van der Waals surface area (Å²) in [5, 5.41) is 9.09. The van der Waals surface area contributed by atoms with Gasteiger partial charge in [0, 0.05) is 0 Å². The van der Waals surface area contributed by atoms with Gasteiger partial charge >= 0.3 is 5.97 Å². The van der Waals surface area contributed by atoms with Crippen LogP contribution in [-0.4, -0.2) is 23.3 Å². The minimum absolute atomic E-state index is 0.373. The number of hydrogen-bond donors (Lipinski definition) is 1. The summed E-state index contributed by atoms with van der Waals surface area (Å²) in [6.45, 7) is 5.07. The lowest BCUT2D eigenvalue weighted by Gasteiger charge is -2.13. The lowest BCUT2D eigenvalue weighted by atomic mass is 10.1. The van der Waals surface area contributed by atoms with E-state index in [0.717, 1.165) is 12.8 Å². The minimum Gasteiger partial charge on any atom is -0.379 e. The van der Waals surface area contributed by atoms with E-state index in [1.807, 2.05) is 6.92 Å². The van der Waals surface area contributed by atoms with E-state index in [4.69, 9.17) is 5.11 Å². The predicted molar refractivity (Wildman–Crippen MR) is 43.2 cm³/mol. The quantitative estimate of drug-likeness (QED) is 0.386. The van der Waals surface area contributed by atoms with E-state index < -0.39 is 11.6 Å². The van der Waals surface area contributed by atoms with Crippen molar-refractivity contribution in [1.29, 1.82) is 0 Å². The number of carbonyl (C=O) groups is 1. The van der Waals surface area contributed by atoms with E-state index in [1.54, 1.807) is 0 Å². The first-order valence-electron chi connectivity index (χ1n) is 4.04. The van der Waals surface area contributed by atoms with Crippen molar-refractivity contribution in [2.45, 2.75) is 39.2 Å². The number of aliphatic hydroxyl groups is 1. The molecule has 0 fully saturated rings. The third-order valence-electron chi connectivity index (χ3n) is 1.22. The number of hydrogen-bond acceptors (Lipinski definition) is 4. The summed E-state index contributed by atoms with van der Waals surface area (Å²) < 4.78 is 0. The van der Waals surface area contributed by atoms with E-state index in [-0.39, 0.29) is 0 Å². The molecule has 0 aliphatic rings. The molecule has 0 rings (SSSR count). The van der Waals surface area contributed by atoms with E-state index in [2.05, 4.69) is 9.78 Å². The Bertz CT molecular complexity index is 136. The summed E-state index contributed by atoms with van der Waals surface area (Å²) >= 11 is 0. The second-order valence-electron chi connectivity index (χ2n) is 3.11. The zero-order valence-corrected chi connectivity index (χ0v) is 7.79. The Morgan fingerprint density at radius 2 is 2.08 bits per heavy atom. The van der Waals surface area contributed by atoms with Crippen molar-refractivity contribution in [2.75, 3.05) is 6.61 Å². The van der Waals surface area contributed by atoms with Crippen LogP contribution in [0.15, 0.2) is 0 Å². The fourth-order valence-electron chi connectivity index (χ4n) is 0.400. The molecule has 0 radical (unpaired) electrons. The first-order valence-corrected chi connectivity index (χ1v) is 4.04. The molecule has 0 aromatic carbocycles. The summed E-state index contributed by atoms with van der Waals surface area (Å²) in [5.74, 6) is -0.765. The molecule has 1 N–H and O–H groups in total. The van der Waals surface area contributed by atoms with Crippen molar-refractivity contribution in [3.8, 4) is 0 Å². The van der Waals surface area contributed by atoms with Gasteiger partial charge in [-0.25, -0.2) is 4.79 Å². The Balaban J connectivity index is 3.45. The van der Waals surface area contributed by atoms with Gasteiger partial charge in [-0.05, 0) is 20.3 Å². The molecule has 0 spiro atoms. The number of unbranched alkanes of at least 4 members (excludes halogenated alkanes) is 1. The molecule has 0 unspecified atom stereocenters. The van der Waals surface area contributed by atoms with E-state index in [9.17, 15) is 4.79 Å². The van der Waals surface area contributed by atoms with Gasteiger partial charge in [-0.1, -0.05) is 13.3 Å². The Kier molecular flexibility index (Phi) is 4.85. The van der Waals surface area contributed by atoms with E-state index >= 15 is 0 Å². The second kappa shape index (κ2) is 5.11. The molecule has 12 heavy (non-hydrogen) atoms.